The lowest BCUT2D eigenvalue weighted by Gasteiger charge is -2.33. The highest BCUT2D eigenvalue weighted by Gasteiger charge is 2.34. The largest absolute Gasteiger partial charge is 0.382 e. The molecule has 0 amide bonds. The first-order valence-electron chi connectivity index (χ1n) is 11.0. The van der Waals surface area contributed by atoms with E-state index in [0.29, 0.717) is 16.6 Å². The number of aromatic nitrogens is 3. The van der Waals surface area contributed by atoms with E-state index in [-0.39, 0.29) is 24.5 Å². The van der Waals surface area contributed by atoms with Gasteiger partial charge in [0.1, 0.15) is 35.7 Å². The van der Waals surface area contributed by atoms with Crippen LogP contribution in [0.15, 0.2) is 77.8 Å². The van der Waals surface area contributed by atoms with Crippen molar-refractivity contribution < 1.29 is 18.3 Å². The molecule has 0 aliphatic rings. The zero-order chi connectivity index (χ0) is 25.7. The Morgan fingerprint density at radius 1 is 0.972 bits per heavy atom. The highest BCUT2D eigenvalue weighted by molar-refractivity contribution is 9.10. The fourth-order valence-electron chi connectivity index (χ4n) is 3.90. The number of halogens is 4. The Kier molecular flexibility index (Phi) is 7.89. The third kappa shape index (κ3) is 6.40. The number of aliphatic hydroxyl groups is 1. The molecular weight excluding hydrogens is 533 g/mol. The summed E-state index contributed by atoms with van der Waals surface area (Å²) in [4.78, 5) is 5.71. The molecule has 0 aliphatic heterocycles. The highest BCUT2D eigenvalue weighted by atomic mass is 79.9. The fraction of sp³-hybridized carbons (Fsp3) is 0.185. The molecule has 9 heteroatoms. The zero-order valence-electron chi connectivity index (χ0n) is 19.3. The second-order valence-electron chi connectivity index (χ2n) is 8.50. The molecule has 0 fully saturated rings. The molecule has 5 nitrogen and oxygen atoms in total. The van der Waals surface area contributed by atoms with Crippen LogP contribution >= 0.6 is 15.9 Å². The maximum Gasteiger partial charge on any atom is 0.138 e. The van der Waals surface area contributed by atoms with E-state index in [1.54, 1.807) is 19.2 Å². The lowest BCUT2D eigenvalue weighted by Crippen LogP contribution is -2.43. The van der Waals surface area contributed by atoms with Crippen molar-refractivity contribution >= 4 is 15.9 Å². The van der Waals surface area contributed by atoms with Crippen molar-refractivity contribution in [3.63, 3.8) is 0 Å². The molecule has 1 atom stereocenters. The molecule has 1 N–H and O–H groups in total. The predicted octanol–water partition coefficient (Wildman–Crippen LogP) is 4.88. The minimum atomic E-state index is -1.69. The lowest BCUT2D eigenvalue weighted by molar-refractivity contribution is -0.0175. The lowest BCUT2D eigenvalue weighted by atomic mass is 9.92. The van der Waals surface area contributed by atoms with Gasteiger partial charge in [0.2, 0.25) is 0 Å². The first-order valence-corrected chi connectivity index (χ1v) is 11.8. The third-order valence-electron chi connectivity index (χ3n) is 5.53. The standard InChI is InChI=1S/C27H22BrF3N4O/c1-34(14-21-6-3-19(4-7-21)2-5-20-8-11-24(28)26(31)12-20)15-27(36,16-35-18-32-17-33-35)23-10-9-22(29)13-25(23)30/h3-4,6-13,17-18,36H,14-16H2,1H3. The van der Waals surface area contributed by atoms with Crippen LogP contribution in [0.1, 0.15) is 22.3 Å². The van der Waals surface area contributed by atoms with E-state index in [1.807, 2.05) is 29.2 Å². The normalized spacial score (nSPS) is 12.8. The second kappa shape index (κ2) is 11.1. The Hall–Kier alpha value is -3.45. The summed E-state index contributed by atoms with van der Waals surface area (Å²) in [6.45, 7) is 0.436. The van der Waals surface area contributed by atoms with Gasteiger partial charge >= 0.3 is 0 Å². The van der Waals surface area contributed by atoms with Crippen molar-refractivity contribution in [1.82, 2.24) is 19.7 Å². The van der Waals surface area contributed by atoms with E-state index in [2.05, 4.69) is 37.9 Å². The summed E-state index contributed by atoms with van der Waals surface area (Å²) in [5.74, 6) is 4.02. The van der Waals surface area contributed by atoms with Crippen molar-refractivity contribution in [3.05, 3.63) is 117 Å². The summed E-state index contributed by atoms with van der Waals surface area (Å²) in [5, 5.41) is 15.5. The topological polar surface area (TPSA) is 54.2 Å². The average molecular weight is 555 g/mol. The van der Waals surface area contributed by atoms with Crippen LogP contribution in [0.3, 0.4) is 0 Å². The van der Waals surface area contributed by atoms with Crippen LogP contribution in [-0.2, 0) is 18.7 Å². The average Bonchev–Trinajstić information content (AvgIpc) is 3.33. The van der Waals surface area contributed by atoms with Gasteiger partial charge in [0.15, 0.2) is 0 Å². The molecule has 1 heterocycles. The van der Waals surface area contributed by atoms with Gasteiger partial charge in [0, 0.05) is 35.8 Å². The Morgan fingerprint density at radius 3 is 2.36 bits per heavy atom. The summed E-state index contributed by atoms with van der Waals surface area (Å²) >= 11 is 3.12. The maximum atomic E-state index is 14.6. The molecule has 36 heavy (non-hydrogen) atoms. The molecule has 0 saturated carbocycles. The van der Waals surface area contributed by atoms with Gasteiger partial charge in [0.05, 0.1) is 11.0 Å². The fourth-order valence-corrected chi connectivity index (χ4v) is 4.14. The molecule has 4 rings (SSSR count). The predicted molar refractivity (Wildman–Crippen MR) is 133 cm³/mol. The first kappa shape index (κ1) is 25.6. The quantitative estimate of drug-likeness (QED) is 0.331. The molecule has 0 saturated heterocycles. The third-order valence-corrected chi connectivity index (χ3v) is 6.17. The van der Waals surface area contributed by atoms with Crippen molar-refractivity contribution in [2.45, 2.75) is 18.7 Å². The van der Waals surface area contributed by atoms with Gasteiger partial charge in [-0.15, -0.1) is 0 Å². The second-order valence-corrected chi connectivity index (χ2v) is 9.35. The zero-order valence-corrected chi connectivity index (χ0v) is 20.9. The number of hydrogen-bond acceptors (Lipinski definition) is 4. The molecular formula is C27H22BrF3N4O. The molecule has 0 spiro atoms. The van der Waals surface area contributed by atoms with Gasteiger partial charge in [-0.3, -0.25) is 4.90 Å². The van der Waals surface area contributed by atoms with Gasteiger partial charge < -0.3 is 5.11 Å². The van der Waals surface area contributed by atoms with Gasteiger partial charge in [0.25, 0.3) is 0 Å². The molecule has 0 radical (unpaired) electrons. The number of benzene rings is 3. The van der Waals surface area contributed by atoms with Crippen LogP contribution in [-0.4, -0.2) is 38.4 Å². The molecule has 0 bridgehead atoms. The summed E-state index contributed by atoms with van der Waals surface area (Å²) in [6.07, 6.45) is 2.75. The van der Waals surface area contributed by atoms with Crippen molar-refractivity contribution in [2.75, 3.05) is 13.6 Å². The Morgan fingerprint density at radius 2 is 1.69 bits per heavy atom. The van der Waals surface area contributed by atoms with Crippen LogP contribution in [0, 0.1) is 29.3 Å². The minimum Gasteiger partial charge on any atom is -0.382 e. The van der Waals surface area contributed by atoms with Crippen molar-refractivity contribution in [1.29, 1.82) is 0 Å². The van der Waals surface area contributed by atoms with Crippen molar-refractivity contribution in [2.24, 2.45) is 0 Å². The van der Waals surface area contributed by atoms with E-state index >= 15 is 0 Å². The summed E-state index contributed by atoms with van der Waals surface area (Å²) in [7, 11) is 1.80. The van der Waals surface area contributed by atoms with Crippen molar-refractivity contribution in [3.8, 4) is 11.8 Å². The molecule has 0 aliphatic carbocycles. The Bertz CT molecular complexity index is 1400. The SMILES string of the molecule is CN(Cc1ccc(C#Cc2ccc(Br)c(F)c2)cc1)CC(O)(Cn1cncn1)c1ccc(F)cc1F. The maximum absolute atomic E-state index is 14.6. The highest BCUT2D eigenvalue weighted by Crippen LogP contribution is 2.28. The Balaban J connectivity index is 1.47. The van der Waals surface area contributed by atoms with Crippen LogP contribution < -0.4 is 0 Å². The van der Waals surface area contributed by atoms with Crippen LogP contribution in [0.2, 0.25) is 0 Å². The van der Waals surface area contributed by atoms with E-state index in [4.69, 9.17) is 0 Å². The van der Waals surface area contributed by atoms with E-state index in [0.717, 1.165) is 23.3 Å². The summed E-state index contributed by atoms with van der Waals surface area (Å²) in [6, 6.07) is 15.3. The first-order chi connectivity index (χ1) is 17.2. The number of rotatable bonds is 7. The van der Waals surface area contributed by atoms with Gasteiger partial charge in [-0.25, -0.2) is 22.8 Å². The monoisotopic (exact) mass is 554 g/mol. The minimum absolute atomic E-state index is 0.0266. The smallest absolute Gasteiger partial charge is 0.138 e. The molecule has 4 aromatic rings. The van der Waals surface area contributed by atoms with Crippen LogP contribution in [0.5, 0.6) is 0 Å². The molecule has 1 unspecified atom stereocenters. The summed E-state index contributed by atoms with van der Waals surface area (Å²) in [5.41, 5.74) is 0.563. The number of likely N-dealkylation sites (N-methyl/N-ethyl adjacent to an activating group) is 1. The van der Waals surface area contributed by atoms with Crippen LogP contribution in [0.25, 0.3) is 0 Å². The molecule has 1 aromatic heterocycles. The molecule has 3 aromatic carbocycles. The van der Waals surface area contributed by atoms with Crippen LogP contribution in [0.4, 0.5) is 13.2 Å². The molecule has 184 valence electrons. The van der Waals surface area contributed by atoms with Gasteiger partial charge in [-0.2, -0.15) is 5.10 Å². The Labute approximate surface area is 215 Å². The van der Waals surface area contributed by atoms with Gasteiger partial charge in [-0.1, -0.05) is 30.0 Å². The van der Waals surface area contributed by atoms with Gasteiger partial charge in [-0.05, 0) is 64.9 Å². The number of hydrogen-bond donors (Lipinski definition) is 1. The summed E-state index contributed by atoms with van der Waals surface area (Å²) < 4.78 is 43.6. The van der Waals surface area contributed by atoms with E-state index < -0.39 is 17.2 Å². The van der Waals surface area contributed by atoms with E-state index in [9.17, 15) is 18.3 Å². The van der Waals surface area contributed by atoms with E-state index in [1.165, 1.54) is 29.5 Å². The number of nitrogens with zero attached hydrogens (tertiary/aromatic N) is 4.